The van der Waals surface area contributed by atoms with Gasteiger partial charge in [-0.3, -0.25) is 0 Å². The monoisotopic (exact) mass is 397 g/mol. The first kappa shape index (κ1) is 21.4. The molecule has 1 amide bonds. The van der Waals surface area contributed by atoms with Gasteiger partial charge in [0.1, 0.15) is 11.4 Å². The summed E-state index contributed by atoms with van der Waals surface area (Å²) < 4.78 is 16.2. The topological polar surface area (TPSA) is 73.9 Å². The number of hydrogen-bond donors (Lipinski definition) is 1. The molecular weight excluding hydrogens is 370 g/mol. The average molecular weight is 398 g/mol. The maximum Gasteiger partial charge on any atom is 0.407 e. The van der Waals surface area contributed by atoms with Crippen LogP contribution in [0.25, 0.3) is 0 Å². The molecular formula is C20H28ClNO5. The zero-order valence-corrected chi connectivity index (χ0v) is 17.3. The highest BCUT2D eigenvalue weighted by atomic mass is 35.5. The molecule has 0 atom stereocenters. The Morgan fingerprint density at radius 3 is 2.33 bits per heavy atom. The van der Waals surface area contributed by atoms with Crippen molar-refractivity contribution in [1.82, 2.24) is 5.32 Å². The highest BCUT2D eigenvalue weighted by Crippen LogP contribution is 2.31. The van der Waals surface area contributed by atoms with Gasteiger partial charge in [0.2, 0.25) is 0 Å². The molecule has 0 spiro atoms. The Hall–Kier alpha value is -1.95. The van der Waals surface area contributed by atoms with E-state index in [0.29, 0.717) is 21.9 Å². The van der Waals surface area contributed by atoms with Crippen LogP contribution in [-0.2, 0) is 9.47 Å². The van der Waals surface area contributed by atoms with Crippen molar-refractivity contribution >= 4 is 23.7 Å². The second kappa shape index (κ2) is 8.83. The first-order valence-electron chi connectivity index (χ1n) is 9.13. The average Bonchev–Trinajstić information content (AvgIpc) is 2.57. The standard InChI is InChI=1S/C20H28ClNO5/c1-12-16(18(23)25-5)10-13(21)11-17(12)26-15-8-6-14(7-9-15)22-19(24)27-20(2,3)4/h10-11,14-15H,6-9H2,1-5H3,(H,22,24). The second-order valence-electron chi connectivity index (χ2n) is 7.81. The Morgan fingerprint density at radius 1 is 1.15 bits per heavy atom. The lowest BCUT2D eigenvalue weighted by atomic mass is 9.93. The number of esters is 1. The van der Waals surface area contributed by atoms with Crippen LogP contribution in [0.5, 0.6) is 5.75 Å². The van der Waals surface area contributed by atoms with Gasteiger partial charge in [0, 0.05) is 16.6 Å². The number of carbonyl (C=O) groups excluding carboxylic acids is 2. The molecule has 1 aromatic carbocycles. The van der Waals surface area contributed by atoms with E-state index in [1.807, 2.05) is 27.7 Å². The van der Waals surface area contributed by atoms with E-state index in [0.717, 1.165) is 25.7 Å². The molecule has 1 N–H and O–H groups in total. The fraction of sp³-hybridized carbons (Fsp3) is 0.600. The number of benzene rings is 1. The van der Waals surface area contributed by atoms with Crippen molar-refractivity contribution in [2.24, 2.45) is 0 Å². The zero-order chi connectivity index (χ0) is 20.2. The summed E-state index contributed by atoms with van der Waals surface area (Å²) in [7, 11) is 1.34. The Labute approximate surface area is 165 Å². The molecule has 0 heterocycles. The molecule has 0 saturated heterocycles. The van der Waals surface area contributed by atoms with Crippen LogP contribution in [-0.4, -0.2) is 36.9 Å². The minimum Gasteiger partial charge on any atom is -0.490 e. The van der Waals surface area contributed by atoms with Crippen molar-refractivity contribution < 1.29 is 23.8 Å². The molecule has 0 aromatic heterocycles. The van der Waals surface area contributed by atoms with E-state index in [1.54, 1.807) is 12.1 Å². The number of amides is 1. The zero-order valence-electron chi connectivity index (χ0n) is 16.6. The van der Waals surface area contributed by atoms with Crippen molar-refractivity contribution in [3.63, 3.8) is 0 Å². The van der Waals surface area contributed by atoms with Crippen LogP contribution < -0.4 is 10.1 Å². The first-order chi connectivity index (χ1) is 12.6. The van der Waals surface area contributed by atoms with Crippen LogP contribution in [0.4, 0.5) is 4.79 Å². The number of rotatable bonds is 4. The maximum absolute atomic E-state index is 11.9. The van der Waals surface area contributed by atoms with Crippen LogP contribution in [0.3, 0.4) is 0 Å². The minimum absolute atomic E-state index is 0.00403. The maximum atomic E-state index is 11.9. The first-order valence-corrected chi connectivity index (χ1v) is 9.51. The van der Waals surface area contributed by atoms with Crippen LogP contribution >= 0.6 is 11.6 Å². The molecule has 1 aromatic rings. The Kier molecular flexibility index (Phi) is 6.98. The van der Waals surface area contributed by atoms with Gasteiger partial charge in [-0.1, -0.05) is 11.6 Å². The SMILES string of the molecule is COC(=O)c1cc(Cl)cc(OC2CCC(NC(=O)OC(C)(C)C)CC2)c1C. The molecule has 1 aliphatic rings. The van der Waals surface area contributed by atoms with E-state index >= 15 is 0 Å². The van der Waals surface area contributed by atoms with Crippen molar-refractivity contribution in [3.05, 3.63) is 28.3 Å². The minimum atomic E-state index is -0.508. The van der Waals surface area contributed by atoms with Crippen LogP contribution in [0.1, 0.15) is 62.4 Å². The summed E-state index contributed by atoms with van der Waals surface area (Å²) in [6.07, 6.45) is 2.80. The Balaban J connectivity index is 1.93. The summed E-state index contributed by atoms with van der Waals surface area (Å²) in [6.45, 7) is 7.33. The molecule has 150 valence electrons. The van der Waals surface area contributed by atoms with Crippen LogP contribution in [0.15, 0.2) is 12.1 Å². The van der Waals surface area contributed by atoms with Gasteiger partial charge in [-0.25, -0.2) is 9.59 Å². The van der Waals surface area contributed by atoms with Gasteiger partial charge >= 0.3 is 12.1 Å². The van der Waals surface area contributed by atoms with E-state index in [-0.39, 0.29) is 18.2 Å². The number of methoxy groups -OCH3 is 1. The molecule has 0 bridgehead atoms. The molecule has 7 heteroatoms. The predicted octanol–water partition coefficient (Wildman–Crippen LogP) is 4.65. The van der Waals surface area contributed by atoms with Gasteiger partial charge in [0.25, 0.3) is 0 Å². The highest BCUT2D eigenvalue weighted by molar-refractivity contribution is 6.31. The van der Waals surface area contributed by atoms with E-state index < -0.39 is 11.6 Å². The second-order valence-corrected chi connectivity index (χ2v) is 8.24. The number of hydrogen-bond acceptors (Lipinski definition) is 5. The summed E-state index contributed by atoms with van der Waals surface area (Å²) in [4.78, 5) is 23.8. The Bertz CT molecular complexity index is 690. The van der Waals surface area contributed by atoms with Crippen LogP contribution in [0.2, 0.25) is 5.02 Å². The van der Waals surface area contributed by atoms with E-state index in [9.17, 15) is 9.59 Å². The van der Waals surface area contributed by atoms with E-state index in [2.05, 4.69) is 5.32 Å². The van der Waals surface area contributed by atoms with Crippen molar-refractivity contribution in [2.75, 3.05) is 7.11 Å². The molecule has 0 radical (unpaired) electrons. The van der Waals surface area contributed by atoms with Gasteiger partial charge in [-0.2, -0.15) is 0 Å². The van der Waals surface area contributed by atoms with Crippen LogP contribution in [0, 0.1) is 6.92 Å². The molecule has 6 nitrogen and oxygen atoms in total. The van der Waals surface area contributed by atoms with Crippen molar-refractivity contribution in [3.8, 4) is 5.75 Å². The van der Waals surface area contributed by atoms with Gasteiger partial charge in [-0.15, -0.1) is 0 Å². The summed E-state index contributed by atoms with van der Waals surface area (Å²) in [5, 5.41) is 3.34. The number of ether oxygens (including phenoxy) is 3. The van der Waals surface area contributed by atoms with Crippen molar-refractivity contribution in [2.45, 2.75) is 71.1 Å². The van der Waals surface area contributed by atoms with Gasteiger partial charge < -0.3 is 19.5 Å². The largest absolute Gasteiger partial charge is 0.490 e. The summed E-state index contributed by atoms with van der Waals surface area (Å²) >= 11 is 6.12. The number of alkyl carbamates (subject to hydrolysis) is 1. The fourth-order valence-electron chi connectivity index (χ4n) is 3.08. The normalized spacial score (nSPS) is 19.9. The highest BCUT2D eigenvalue weighted by Gasteiger charge is 2.26. The Morgan fingerprint density at radius 2 is 1.78 bits per heavy atom. The number of carbonyl (C=O) groups is 2. The van der Waals surface area contributed by atoms with E-state index in [4.69, 9.17) is 25.8 Å². The molecule has 1 aliphatic carbocycles. The summed E-state index contributed by atoms with van der Waals surface area (Å²) in [5.41, 5.74) is 0.604. The number of halogens is 1. The molecule has 27 heavy (non-hydrogen) atoms. The molecule has 1 fully saturated rings. The lowest BCUT2D eigenvalue weighted by molar-refractivity contribution is 0.0470. The van der Waals surface area contributed by atoms with Gasteiger partial charge in [0.05, 0.1) is 18.8 Å². The fourth-order valence-corrected chi connectivity index (χ4v) is 3.29. The molecule has 0 unspecified atom stereocenters. The molecule has 0 aliphatic heterocycles. The lowest BCUT2D eigenvalue weighted by Gasteiger charge is -2.30. The lowest BCUT2D eigenvalue weighted by Crippen LogP contribution is -2.42. The van der Waals surface area contributed by atoms with Gasteiger partial charge in [-0.05, 0) is 65.5 Å². The quantitative estimate of drug-likeness (QED) is 0.748. The third kappa shape index (κ3) is 6.31. The van der Waals surface area contributed by atoms with Gasteiger partial charge in [0.15, 0.2) is 0 Å². The summed E-state index contributed by atoms with van der Waals surface area (Å²) in [5.74, 6) is 0.150. The molecule has 1 saturated carbocycles. The van der Waals surface area contributed by atoms with E-state index in [1.165, 1.54) is 7.11 Å². The third-order valence-corrected chi connectivity index (χ3v) is 4.64. The third-order valence-electron chi connectivity index (χ3n) is 4.42. The number of nitrogens with one attached hydrogen (secondary N) is 1. The predicted molar refractivity (Wildman–Crippen MR) is 104 cm³/mol. The smallest absolute Gasteiger partial charge is 0.407 e. The summed E-state index contributed by atoms with van der Waals surface area (Å²) in [6, 6.07) is 3.37. The molecule has 2 rings (SSSR count). The van der Waals surface area contributed by atoms with Crippen molar-refractivity contribution in [1.29, 1.82) is 0 Å².